The molecule has 0 spiro atoms. The second-order valence-corrected chi connectivity index (χ2v) is 5.53. The highest BCUT2D eigenvalue weighted by atomic mass is 15.2. The van der Waals surface area contributed by atoms with Crippen LogP contribution in [0.25, 0.3) is 0 Å². The molecule has 0 radical (unpaired) electrons. The number of nitrogens with zero attached hydrogens (tertiary/aromatic N) is 1. The van der Waals surface area contributed by atoms with E-state index >= 15 is 0 Å². The minimum absolute atomic E-state index is 0.628. The summed E-state index contributed by atoms with van der Waals surface area (Å²) in [6.45, 7) is 6.14. The molecule has 2 unspecified atom stereocenters. The normalized spacial score (nSPS) is 28.1. The summed E-state index contributed by atoms with van der Waals surface area (Å²) >= 11 is 0. The molecule has 0 saturated carbocycles. The number of benzene rings is 1. The van der Waals surface area contributed by atoms with Gasteiger partial charge in [0.1, 0.15) is 0 Å². The highest BCUT2D eigenvalue weighted by Crippen LogP contribution is 2.27. The monoisotopic (exact) mass is 230 g/mol. The molecule has 2 aliphatic heterocycles. The van der Waals surface area contributed by atoms with Gasteiger partial charge in [0, 0.05) is 24.8 Å². The van der Waals surface area contributed by atoms with E-state index in [1.165, 1.54) is 50.1 Å². The number of hydrogen-bond acceptors (Lipinski definition) is 2. The molecule has 2 nitrogen and oxygen atoms in total. The number of likely N-dealkylation sites (tertiary alicyclic amines) is 1. The summed E-state index contributed by atoms with van der Waals surface area (Å²) < 4.78 is 0. The molecule has 0 aromatic heterocycles. The van der Waals surface area contributed by atoms with E-state index in [0.29, 0.717) is 6.04 Å². The van der Waals surface area contributed by atoms with Crippen LogP contribution < -0.4 is 5.32 Å². The third-order valence-electron chi connectivity index (χ3n) is 4.27. The molecular weight excluding hydrogens is 208 g/mol. The molecule has 2 atom stereocenters. The first-order valence-electron chi connectivity index (χ1n) is 6.92. The SMILES string of the molecule is CCC1CCN(CC2Cc3ccccc3N2)C1. The van der Waals surface area contributed by atoms with Gasteiger partial charge in [-0.05, 0) is 36.9 Å². The zero-order valence-corrected chi connectivity index (χ0v) is 10.7. The Morgan fingerprint density at radius 1 is 1.35 bits per heavy atom. The molecule has 0 amide bonds. The lowest BCUT2D eigenvalue weighted by molar-refractivity contribution is 0.309. The fraction of sp³-hybridized carbons (Fsp3) is 0.600. The molecule has 0 aliphatic carbocycles. The largest absolute Gasteiger partial charge is 0.380 e. The Labute approximate surface area is 104 Å². The Morgan fingerprint density at radius 3 is 3.00 bits per heavy atom. The van der Waals surface area contributed by atoms with Gasteiger partial charge in [0.15, 0.2) is 0 Å². The van der Waals surface area contributed by atoms with Crippen LogP contribution in [0.1, 0.15) is 25.3 Å². The molecule has 17 heavy (non-hydrogen) atoms. The van der Waals surface area contributed by atoms with Gasteiger partial charge in [0.05, 0.1) is 0 Å². The zero-order valence-electron chi connectivity index (χ0n) is 10.7. The summed E-state index contributed by atoms with van der Waals surface area (Å²) in [5.41, 5.74) is 2.84. The van der Waals surface area contributed by atoms with Crippen LogP contribution in [-0.2, 0) is 6.42 Å². The van der Waals surface area contributed by atoms with Crippen molar-refractivity contribution in [1.29, 1.82) is 0 Å². The fourth-order valence-electron chi connectivity index (χ4n) is 3.21. The Kier molecular flexibility index (Phi) is 3.06. The average molecular weight is 230 g/mol. The second kappa shape index (κ2) is 4.69. The van der Waals surface area contributed by atoms with E-state index in [9.17, 15) is 0 Å². The number of hydrogen-bond donors (Lipinski definition) is 1. The molecule has 0 bridgehead atoms. The summed E-state index contributed by atoms with van der Waals surface area (Å²) in [6.07, 6.45) is 3.94. The van der Waals surface area contributed by atoms with Crippen molar-refractivity contribution in [3.63, 3.8) is 0 Å². The zero-order chi connectivity index (χ0) is 11.7. The maximum absolute atomic E-state index is 3.65. The molecule has 1 saturated heterocycles. The predicted octanol–water partition coefficient (Wildman–Crippen LogP) is 2.76. The number of para-hydroxylation sites is 1. The lowest BCUT2D eigenvalue weighted by Crippen LogP contribution is -2.34. The summed E-state index contributed by atoms with van der Waals surface area (Å²) in [5, 5.41) is 3.65. The van der Waals surface area contributed by atoms with Crippen molar-refractivity contribution < 1.29 is 0 Å². The van der Waals surface area contributed by atoms with Gasteiger partial charge < -0.3 is 10.2 Å². The number of nitrogens with one attached hydrogen (secondary N) is 1. The third kappa shape index (κ3) is 2.32. The van der Waals surface area contributed by atoms with E-state index in [0.717, 1.165) is 5.92 Å². The molecule has 92 valence electrons. The van der Waals surface area contributed by atoms with Crippen LogP contribution in [0.15, 0.2) is 24.3 Å². The van der Waals surface area contributed by atoms with Gasteiger partial charge in [-0.15, -0.1) is 0 Å². The van der Waals surface area contributed by atoms with Crippen LogP contribution in [0, 0.1) is 5.92 Å². The van der Waals surface area contributed by atoms with E-state index in [1.807, 2.05) is 0 Å². The highest BCUT2D eigenvalue weighted by molar-refractivity contribution is 5.56. The van der Waals surface area contributed by atoms with Crippen molar-refractivity contribution in [3.05, 3.63) is 29.8 Å². The molecule has 2 heterocycles. The van der Waals surface area contributed by atoms with Gasteiger partial charge in [0.25, 0.3) is 0 Å². The topological polar surface area (TPSA) is 15.3 Å². The molecule has 1 N–H and O–H groups in total. The Bertz CT molecular complexity index is 363. The average Bonchev–Trinajstić information content (AvgIpc) is 2.94. The first kappa shape index (κ1) is 11.1. The Balaban J connectivity index is 1.56. The molecule has 1 aromatic carbocycles. The van der Waals surface area contributed by atoms with Crippen LogP contribution in [-0.4, -0.2) is 30.6 Å². The lowest BCUT2D eigenvalue weighted by Gasteiger charge is -2.20. The van der Waals surface area contributed by atoms with E-state index in [2.05, 4.69) is 41.4 Å². The van der Waals surface area contributed by atoms with Gasteiger partial charge in [-0.1, -0.05) is 31.5 Å². The maximum Gasteiger partial charge on any atom is 0.0429 e. The van der Waals surface area contributed by atoms with Crippen molar-refractivity contribution in [2.75, 3.05) is 25.0 Å². The van der Waals surface area contributed by atoms with Crippen LogP contribution in [0.4, 0.5) is 5.69 Å². The Morgan fingerprint density at radius 2 is 2.24 bits per heavy atom. The predicted molar refractivity (Wildman–Crippen MR) is 72.4 cm³/mol. The summed E-state index contributed by atoms with van der Waals surface area (Å²) in [7, 11) is 0. The summed E-state index contributed by atoms with van der Waals surface area (Å²) in [5.74, 6) is 0.943. The minimum Gasteiger partial charge on any atom is -0.380 e. The molecule has 1 fully saturated rings. The number of rotatable bonds is 3. The van der Waals surface area contributed by atoms with Gasteiger partial charge in [-0.2, -0.15) is 0 Å². The number of fused-ring (bicyclic) bond motifs is 1. The van der Waals surface area contributed by atoms with Crippen molar-refractivity contribution in [2.45, 2.75) is 32.2 Å². The van der Waals surface area contributed by atoms with Crippen molar-refractivity contribution in [2.24, 2.45) is 5.92 Å². The van der Waals surface area contributed by atoms with E-state index in [4.69, 9.17) is 0 Å². The van der Waals surface area contributed by atoms with Gasteiger partial charge in [-0.25, -0.2) is 0 Å². The van der Waals surface area contributed by atoms with Gasteiger partial charge in [-0.3, -0.25) is 0 Å². The molecule has 1 aromatic rings. The van der Waals surface area contributed by atoms with Crippen LogP contribution in [0.5, 0.6) is 0 Å². The lowest BCUT2D eigenvalue weighted by atomic mass is 10.1. The van der Waals surface area contributed by atoms with Crippen LogP contribution in [0.2, 0.25) is 0 Å². The highest BCUT2D eigenvalue weighted by Gasteiger charge is 2.26. The quantitative estimate of drug-likeness (QED) is 0.859. The molecule has 2 aliphatic rings. The summed E-state index contributed by atoms with van der Waals surface area (Å²) in [4.78, 5) is 2.64. The maximum atomic E-state index is 3.65. The van der Waals surface area contributed by atoms with Gasteiger partial charge in [0.2, 0.25) is 0 Å². The first-order chi connectivity index (χ1) is 8.35. The van der Waals surface area contributed by atoms with Crippen molar-refractivity contribution >= 4 is 5.69 Å². The molecule has 2 heteroatoms. The fourth-order valence-corrected chi connectivity index (χ4v) is 3.21. The summed E-state index contributed by atoms with van der Waals surface area (Å²) in [6, 6.07) is 9.35. The van der Waals surface area contributed by atoms with Crippen LogP contribution in [0.3, 0.4) is 0 Å². The van der Waals surface area contributed by atoms with E-state index in [1.54, 1.807) is 0 Å². The van der Waals surface area contributed by atoms with E-state index in [-0.39, 0.29) is 0 Å². The third-order valence-corrected chi connectivity index (χ3v) is 4.27. The molecular formula is C15H22N2. The minimum atomic E-state index is 0.628. The Hall–Kier alpha value is -1.02. The van der Waals surface area contributed by atoms with Crippen LogP contribution >= 0.6 is 0 Å². The number of anilines is 1. The van der Waals surface area contributed by atoms with Crippen molar-refractivity contribution in [3.8, 4) is 0 Å². The smallest absolute Gasteiger partial charge is 0.0429 e. The second-order valence-electron chi connectivity index (χ2n) is 5.53. The van der Waals surface area contributed by atoms with Gasteiger partial charge >= 0.3 is 0 Å². The van der Waals surface area contributed by atoms with Crippen molar-refractivity contribution in [1.82, 2.24) is 4.90 Å². The standard InChI is InChI=1S/C15H22N2/c1-2-12-7-8-17(10-12)11-14-9-13-5-3-4-6-15(13)16-14/h3-6,12,14,16H,2,7-11H2,1H3. The molecule has 3 rings (SSSR count). The first-order valence-corrected chi connectivity index (χ1v) is 6.92. The van der Waals surface area contributed by atoms with E-state index < -0.39 is 0 Å².